The fourth-order valence-corrected chi connectivity index (χ4v) is 5.07. The van der Waals surface area contributed by atoms with Gasteiger partial charge in [0, 0.05) is 22.6 Å². The molecule has 0 aliphatic heterocycles. The van der Waals surface area contributed by atoms with Crippen LogP contribution in [0.5, 0.6) is 0 Å². The quantitative estimate of drug-likeness (QED) is 0.673. The summed E-state index contributed by atoms with van der Waals surface area (Å²) in [5, 5.41) is 0. The summed E-state index contributed by atoms with van der Waals surface area (Å²) < 4.78 is 2.34. The number of hydrogen-bond donors (Lipinski definition) is 0. The number of benzene rings is 1. The molecule has 2 atom stereocenters. The van der Waals surface area contributed by atoms with Crippen molar-refractivity contribution in [3.8, 4) is 11.3 Å². The summed E-state index contributed by atoms with van der Waals surface area (Å²) in [6, 6.07) is 11.2. The zero-order valence-electron chi connectivity index (χ0n) is 14.4. The Hall–Kier alpha value is -1.63. The van der Waals surface area contributed by atoms with E-state index in [2.05, 4.69) is 75.8 Å². The summed E-state index contributed by atoms with van der Waals surface area (Å²) in [6.07, 6.45) is 5.09. The van der Waals surface area contributed by atoms with Crippen molar-refractivity contribution in [3.05, 3.63) is 53.2 Å². The first kappa shape index (κ1) is 14.0. The summed E-state index contributed by atoms with van der Waals surface area (Å²) in [6.45, 7) is 9.63. The van der Waals surface area contributed by atoms with Gasteiger partial charge in [-0.1, -0.05) is 39.0 Å². The van der Waals surface area contributed by atoms with Crippen molar-refractivity contribution >= 4 is 0 Å². The largest absolute Gasteiger partial charge is 0.212 e. The predicted octanol–water partition coefficient (Wildman–Crippen LogP) is 4.66. The van der Waals surface area contributed by atoms with Crippen LogP contribution >= 0.6 is 0 Å². The standard InChI is InChI=1S/C21H26N/c1-14-8-6-7-9-15(14)19-12-16-17-10-11-21(4,20(17,2)3)18(16)13-22(19)5/h6-9,12-13,17H,10-11H2,1-5H3/q+1. The number of fused-ring (bicyclic) bond motifs is 5. The lowest BCUT2D eigenvalue weighted by Crippen LogP contribution is -2.36. The van der Waals surface area contributed by atoms with E-state index in [4.69, 9.17) is 0 Å². The van der Waals surface area contributed by atoms with Crippen LogP contribution in [0.3, 0.4) is 0 Å². The maximum atomic E-state index is 2.48. The minimum atomic E-state index is 0.342. The van der Waals surface area contributed by atoms with Gasteiger partial charge in [0.05, 0.1) is 0 Å². The molecule has 2 aliphatic rings. The molecule has 2 bridgehead atoms. The molecule has 0 amide bonds. The van der Waals surface area contributed by atoms with Crippen LogP contribution in [0, 0.1) is 12.3 Å². The van der Waals surface area contributed by atoms with Gasteiger partial charge in [0.15, 0.2) is 6.20 Å². The Kier molecular flexibility index (Phi) is 2.68. The van der Waals surface area contributed by atoms with E-state index in [1.807, 2.05) is 0 Å². The number of aromatic nitrogens is 1. The third kappa shape index (κ3) is 1.52. The van der Waals surface area contributed by atoms with Crippen molar-refractivity contribution in [2.45, 2.75) is 51.9 Å². The van der Waals surface area contributed by atoms with Crippen LogP contribution < -0.4 is 4.57 Å². The summed E-state index contributed by atoms with van der Waals surface area (Å²) in [7, 11) is 2.20. The SMILES string of the molecule is Cc1ccccc1-c1cc2c(c[n+]1C)C1(C)CCC2C1(C)C. The van der Waals surface area contributed by atoms with E-state index in [0.717, 1.165) is 5.92 Å². The highest BCUT2D eigenvalue weighted by Gasteiger charge is 2.60. The van der Waals surface area contributed by atoms with Crippen LogP contribution in [0.4, 0.5) is 0 Å². The molecule has 1 nitrogen and oxygen atoms in total. The first-order chi connectivity index (χ1) is 10.4. The van der Waals surface area contributed by atoms with Crippen LogP contribution in [-0.2, 0) is 12.5 Å². The van der Waals surface area contributed by atoms with E-state index in [1.54, 1.807) is 11.1 Å². The van der Waals surface area contributed by atoms with E-state index >= 15 is 0 Å². The fraction of sp³-hybridized carbons (Fsp3) is 0.476. The summed E-state index contributed by atoms with van der Waals surface area (Å²) in [4.78, 5) is 0. The number of aryl methyl sites for hydroxylation is 2. The normalized spacial score (nSPS) is 28.0. The molecule has 1 aromatic heterocycles. The molecule has 1 heterocycles. The Morgan fingerprint density at radius 2 is 1.86 bits per heavy atom. The highest BCUT2D eigenvalue weighted by atomic mass is 14.9. The Morgan fingerprint density at radius 3 is 2.59 bits per heavy atom. The van der Waals surface area contributed by atoms with Crippen LogP contribution in [-0.4, -0.2) is 0 Å². The second-order valence-electron chi connectivity index (χ2n) is 8.10. The smallest absolute Gasteiger partial charge is 0.201 e. The topological polar surface area (TPSA) is 3.88 Å². The van der Waals surface area contributed by atoms with Crippen molar-refractivity contribution in [3.63, 3.8) is 0 Å². The average Bonchev–Trinajstić information content (AvgIpc) is 2.79. The molecular weight excluding hydrogens is 266 g/mol. The third-order valence-electron chi connectivity index (χ3n) is 6.92. The Labute approximate surface area is 134 Å². The minimum Gasteiger partial charge on any atom is -0.201 e. The first-order valence-electron chi connectivity index (χ1n) is 8.46. The molecule has 0 radical (unpaired) electrons. The van der Waals surface area contributed by atoms with Crippen molar-refractivity contribution in [1.82, 2.24) is 0 Å². The van der Waals surface area contributed by atoms with E-state index in [9.17, 15) is 0 Å². The van der Waals surface area contributed by atoms with Crippen molar-refractivity contribution in [2.75, 3.05) is 0 Å². The van der Waals surface area contributed by atoms with Gasteiger partial charge in [-0.2, -0.15) is 0 Å². The second-order valence-corrected chi connectivity index (χ2v) is 8.10. The van der Waals surface area contributed by atoms with Crippen LogP contribution in [0.25, 0.3) is 11.3 Å². The summed E-state index contributed by atoms with van der Waals surface area (Å²) in [5.41, 5.74) is 7.99. The molecule has 0 saturated heterocycles. The highest BCUT2D eigenvalue weighted by molar-refractivity contribution is 5.63. The number of hydrogen-bond acceptors (Lipinski definition) is 0. The van der Waals surface area contributed by atoms with Crippen molar-refractivity contribution in [1.29, 1.82) is 0 Å². The molecule has 22 heavy (non-hydrogen) atoms. The van der Waals surface area contributed by atoms with Crippen molar-refractivity contribution in [2.24, 2.45) is 12.5 Å². The highest BCUT2D eigenvalue weighted by Crippen LogP contribution is 2.67. The molecule has 2 unspecified atom stereocenters. The lowest BCUT2D eigenvalue weighted by atomic mass is 9.69. The molecule has 1 saturated carbocycles. The molecular formula is C21H26N+. The van der Waals surface area contributed by atoms with Gasteiger partial charge in [-0.05, 0) is 48.3 Å². The maximum Gasteiger partial charge on any atom is 0.212 e. The first-order valence-corrected chi connectivity index (χ1v) is 8.46. The van der Waals surface area contributed by atoms with Gasteiger partial charge >= 0.3 is 0 Å². The van der Waals surface area contributed by atoms with E-state index in [1.165, 1.54) is 29.7 Å². The Balaban J connectivity index is 1.95. The third-order valence-corrected chi connectivity index (χ3v) is 6.92. The van der Waals surface area contributed by atoms with Gasteiger partial charge in [-0.3, -0.25) is 0 Å². The lowest BCUT2D eigenvalue weighted by Gasteiger charge is -2.34. The van der Waals surface area contributed by atoms with E-state index in [-0.39, 0.29) is 0 Å². The van der Waals surface area contributed by atoms with Gasteiger partial charge in [0.1, 0.15) is 7.05 Å². The zero-order chi connectivity index (χ0) is 15.7. The average molecular weight is 292 g/mol. The van der Waals surface area contributed by atoms with Crippen LogP contribution in [0.15, 0.2) is 36.5 Å². The number of rotatable bonds is 1. The van der Waals surface area contributed by atoms with E-state index < -0.39 is 0 Å². The van der Waals surface area contributed by atoms with Crippen LogP contribution in [0.2, 0.25) is 0 Å². The van der Waals surface area contributed by atoms with E-state index in [0.29, 0.717) is 10.8 Å². The van der Waals surface area contributed by atoms with Crippen LogP contribution in [0.1, 0.15) is 56.2 Å². The molecule has 2 aromatic rings. The number of pyridine rings is 1. The molecule has 1 aromatic carbocycles. The maximum absolute atomic E-state index is 2.48. The molecule has 114 valence electrons. The van der Waals surface area contributed by atoms with Gasteiger partial charge in [-0.25, -0.2) is 4.57 Å². The lowest BCUT2D eigenvalue weighted by molar-refractivity contribution is -0.661. The van der Waals surface area contributed by atoms with Gasteiger partial charge in [-0.15, -0.1) is 0 Å². The second kappa shape index (κ2) is 4.22. The molecule has 4 rings (SSSR count). The number of nitrogens with zero attached hydrogens (tertiary/aromatic N) is 1. The summed E-state index contributed by atoms with van der Waals surface area (Å²) in [5.74, 6) is 0.719. The monoisotopic (exact) mass is 292 g/mol. The minimum absolute atomic E-state index is 0.342. The van der Waals surface area contributed by atoms with Gasteiger partial charge in [0.25, 0.3) is 0 Å². The Morgan fingerprint density at radius 1 is 1.14 bits per heavy atom. The Bertz CT molecular complexity index is 771. The molecule has 1 fully saturated rings. The molecule has 0 N–H and O–H groups in total. The van der Waals surface area contributed by atoms with Gasteiger partial charge < -0.3 is 0 Å². The molecule has 0 spiro atoms. The van der Waals surface area contributed by atoms with Gasteiger partial charge in [0.2, 0.25) is 5.69 Å². The zero-order valence-corrected chi connectivity index (χ0v) is 14.4. The predicted molar refractivity (Wildman–Crippen MR) is 90.9 cm³/mol. The van der Waals surface area contributed by atoms with Crippen molar-refractivity contribution < 1.29 is 4.57 Å². The summed E-state index contributed by atoms with van der Waals surface area (Å²) >= 11 is 0. The molecule has 1 heteroatoms. The fourth-order valence-electron chi connectivity index (χ4n) is 5.07. The molecule has 2 aliphatic carbocycles.